The maximum absolute atomic E-state index is 12.8. The van der Waals surface area contributed by atoms with Crippen LogP contribution >= 0.6 is 23.8 Å². The van der Waals surface area contributed by atoms with Gasteiger partial charge in [-0.3, -0.25) is 10.1 Å². The summed E-state index contributed by atoms with van der Waals surface area (Å²) in [5, 5.41) is 9.23. The molecule has 6 rings (SSSR count). The summed E-state index contributed by atoms with van der Waals surface area (Å²) < 4.78 is 0. The van der Waals surface area contributed by atoms with Crippen molar-refractivity contribution >= 4 is 45.6 Å². The van der Waals surface area contributed by atoms with Crippen molar-refractivity contribution < 1.29 is 4.79 Å². The molecule has 4 bridgehead atoms. The largest absolute Gasteiger partial charge is 0.359 e. The first-order valence-electron chi connectivity index (χ1n) is 9.87. The zero-order valence-electron chi connectivity index (χ0n) is 15.1. The second kappa shape index (κ2) is 6.75. The number of carbonyl (C=O) groups excluding carboxylic acids is 1. The molecule has 0 heterocycles. The second-order valence-corrected chi connectivity index (χ2v) is 9.34. The fourth-order valence-electron chi connectivity index (χ4n) is 5.99. The maximum Gasteiger partial charge on any atom is 0.258 e. The van der Waals surface area contributed by atoms with Gasteiger partial charge in [0.05, 0.1) is 0 Å². The molecule has 0 atom stereocenters. The number of hydrogen-bond acceptors (Lipinski definition) is 2. The van der Waals surface area contributed by atoms with E-state index in [2.05, 4.69) is 10.6 Å². The molecule has 2 N–H and O–H groups in total. The van der Waals surface area contributed by atoms with Gasteiger partial charge < -0.3 is 5.32 Å². The second-order valence-electron chi connectivity index (χ2n) is 8.52. The number of rotatable bonds is 2. The normalized spacial score (nSPS) is 31.1. The Morgan fingerprint density at radius 2 is 1.56 bits per heavy atom. The molecule has 0 saturated heterocycles. The Bertz CT molecular complexity index is 900. The van der Waals surface area contributed by atoms with E-state index in [1.165, 1.54) is 32.1 Å². The number of fused-ring (bicyclic) bond motifs is 1. The van der Waals surface area contributed by atoms with E-state index in [0.29, 0.717) is 33.6 Å². The smallest absolute Gasteiger partial charge is 0.258 e. The van der Waals surface area contributed by atoms with Gasteiger partial charge in [0.25, 0.3) is 5.91 Å². The van der Waals surface area contributed by atoms with Crippen LogP contribution in [0.2, 0.25) is 5.02 Å². The fraction of sp³-hybridized carbons (Fsp3) is 0.455. The highest BCUT2D eigenvalue weighted by atomic mass is 35.5. The fourth-order valence-corrected chi connectivity index (χ4v) is 6.45. The highest BCUT2D eigenvalue weighted by Gasteiger charge is 2.48. The van der Waals surface area contributed by atoms with Gasteiger partial charge in [-0.05, 0) is 85.5 Å². The van der Waals surface area contributed by atoms with Crippen molar-refractivity contribution in [3.05, 3.63) is 47.0 Å². The molecule has 0 radical (unpaired) electrons. The molecular weight excluding hydrogens is 376 g/mol. The minimum atomic E-state index is -0.177. The van der Waals surface area contributed by atoms with Gasteiger partial charge in [-0.15, -0.1) is 0 Å². The van der Waals surface area contributed by atoms with E-state index in [-0.39, 0.29) is 5.91 Å². The minimum Gasteiger partial charge on any atom is -0.359 e. The lowest BCUT2D eigenvalue weighted by Crippen LogP contribution is -2.57. The Morgan fingerprint density at radius 3 is 2.26 bits per heavy atom. The average Bonchev–Trinajstić information content (AvgIpc) is 2.64. The molecule has 0 aromatic heterocycles. The predicted octanol–water partition coefficient (Wildman–Crippen LogP) is 4.92. The van der Waals surface area contributed by atoms with Gasteiger partial charge in [-0.2, -0.15) is 0 Å². The minimum absolute atomic E-state index is 0.177. The van der Waals surface area contributed by atoms with E-state index in [1.54, 1.807) is 0 Å². The Morgan fingerprint density at radius 1 is 0.926 bits per heavy atom. The van der Waals surface area contributed by atoms with Crippen LogP contribution in [-0.2, 0) is 0 Å². The summed E-state index contributed by atoms with van der Waals surface area (Å²) >= 11 is 11.8. The molecule has 140 valence electrons. The highest BCUT2D eigenvalue weighted by molar-refractivity contribution is 7.80. The van der Waals surface area contributed by atoms with Crippen LogP contribution in [0.1, 0.15) is 42.5 Å². The molecule has 2 aromatic rings. The standard InChI is InChI=1S/C22H23ClN2OS/c23-19-6-2-3-16-17(19)4-1-5-18(16)21(26)25-22(27)24-20-14-8-12-7-13(10-14)11-15(20)9-12/h1-6,12-15,20H,7-11H2,(H2,24,25,26,27). The SMILES string of the molecule is O=C(NC(=S)NC1C2CC3CC(C2)CC1C3)c1cccc2c(Cl)cccc12. The number of benzene rings is 2. The van der Waals surface area contributed by atoms with E-state index in [4.69, 9.17) is 23.8 Å². The molecule has 4 aliphatic carbocycles. The Kier molecular flexibility index (Phi) is 4.36. The van der Waals surface area contributed by atoms with Gasteiger partial charge in [-0.25, -0.2) is 0 Å². The summed E-state index contributed by atoms with van der Waals surface area (Å²) in [6, 6.07) is 11.7. The molecule has 0 spiro atoms. The van der Waals surface area contributed by atoms with Gasteiger partial charge in [-0.1, -0.05) is 35.9 Å². The highest BCUT2D eigenvalue weighted by Crippen LogP contribution is 2.53. The molecule has 27 heavy (non-hydrogen) atoms. The number of thiocarbonyl (C=S) groups is 1. The van der Waals surface area contributed by atoms with Crippen LogP contribution in [0.15, 0.2) is 36.4 Å². The molecule has 0 aliphatic heterocycles. The monoisotopic (exact) mass is 398 g/mol. The van der Waals surface area contributed by atoms with E-state index in [0.717, 1.165) is 22.6 Å². The van der Waals surface area contributed by atoms with Crippen molar-refractivity contribution in [2.75, 3.05) is 0 Å². The summed E-state index contributed by atoms with van der Waals surface area (Å²) in [6.07, 6.45) is 6.72. The van der Waals surface area contributed by atoms with Gasteiger partial charge in [0.1, 0.15) is 0 Å². The molecule has 3 nitrogen and oxygen atoms in total. The quantitative estimate of drug-likeness (QED) is 0.705. The lowest BCUT2D eigenvalue weighted by molar-refractivity contribution is -0.00692. The number of carbonyl (C=O) groups is 1. The lowest BCUT2D eigenvalue weighted by Gasteiger charge is -2.54. The van der Waals surface area contributed by atoms with Crippen LogP contribution in [-0.4, -0.2) is 17.1 Å². The predicted molar refractivity (Wildman–Crippen MR) is 113 cm³/mol. The molecular formula is C22H23ClN2OS. The third-order valence-corrected chi connectivity index (χ3v) is 7.41. The Balaban J connectivity index is 1.30. The van der Waals surface area contributed by atoms with Crippen molar-refractivity contribution in [3.8, 4) is 0 Å². The maximum atomic E-state index is 12.8. The van der Waals surface area contributed by atoms with Crippen LogP contribution in [0, 0.1) is 23.7 Å². The molecule has 1 amide bonds. The van der Waals surface area contributed by atoms with Gasteiger partial charge >= 0.3 is 0 Å². The van der Waals surface area contributed by atoms with Crippen LogP contribution in [0.3, 0.4) is 0 Å². The molecule has 5 heteroatoms. The first kappa shape index (κ1) is 17.4. The summed E-state index contributed by atoms with van der Waals surface area (Å²) in [7, 11) is 0. The first-order valence-corrected chi connectivity index (χ1v) is 10.7. The van der Waals surface area contributed by atoms with Crippen LogP contribution in [0.25, 0.3) is 10.8 Å². The zero-order valence-corrected chi connectivity index (χ0v) is 16.7. The molecule has 4 saturated carbocycles. The summed E-state index contributed by atoms with van der Waals surface area (Å²) in [5.74, 6) is 3.10. The van der Waals surface area contributed by atoms with E-state index in [1.807, 2.05) is 36.4 Å². The van der Waals surface area contributed by atoms with Crippen LogP contribution in [0.5, 0.6) is 0 Å². The first-order chi connectivity index (χ1) is 13.1. The van der Waals surface area contributed by atoms with Crippen molar-refractivity contribution in [3.63, 3.8) is 0 Å². The van der Waals surface area contributed by atoms with E-state index >= 15 is 0 Å². The third-order valence-electron chi connectivity index (χ3n) is 6.87. The van der Waals surface area contributed by atoms with Crippen LogP contribution < -0.4 is 10.6 Å². The summed E-state index contributed by atoms with van der Waals surface area (Å²) in [5.41, 5.74) is 0.601. The molecule has 2 aromatic carbocycles. The third kappa shape index (κ3) is 3.13. The van der Waals surface area contributed by atoms with Crippen molar-refractivity contribution in [1.82, 2.24) is 10.6 Å². The topological polar surface area (TPSA) is 41.1 Å². The summed E-state index contributed by atoms with van der Waals surface area (Å²) in [6.45, 7) is 0. The molecule has 4 aliphatic rings. The molecule has 4 fully saturated rings. The van der Waals surface area contributed by atoms with Crippen molar-refractivity contribution in [1.29, 1.82) is 0 Å². The Hall–Kier alpha value is -1.65. The van der Waals surface area contributed by atoms with Crippen molar-refractivity contribution in [2.45, 2.75) is 38.1 Å². The number of hydrogen-bond donors (Lipinski definition) is 2. The molecule has 0 unspecified atom stereocenters. The zero-order chi connectivity index (χ0) is 18.5. The lowest BCUT2D eigenvalue weighted by atomic mass is 9.54. The number of nitrogens with one attached hydrogen (secondary N) is 2. The van der Waals surface area contributed by atoms with Gasteiger partial charge in [0.2, 0.25) is 0 Å². The van der Waals surface area contributed by atoms with E-state index in [9.17, 15) is 4.79 Å². The van der Waals surface area contributed by atoms with Gasteiger partial charge in [0, 0.05) is 22.0 Å². The average molecular weight is 399 g/mol. The number of halogens is 1. The van der Waals surface area contributed by atoms with E-state index < -0.39 is 0 Å². The number of amides is 1. The van der Waals surface area contributed by atoms with Crippen molar-refractivity contribution in [2.24, 2.45) is 23.7 Å². The van der Waals surface area contributed by atoms with Gasteiger partial charge in [0.15, 0.2) is 5.11 Å². The van der Waals surface area contributed by atoms with Crippen LogP contribution in [0.4, 0.5) is 0 Å². The summed E-state index contributed by atoms with van der Waals surface area (Å²) in [4.78, 5) is 12.8. The Labute approximate surface area is 169 Å².